The van der Waals surface area contributed by atoms with Crippen molar-refractivity contribution in [2.75, 3.05) is 31.6 Å². The van der Waals surface area contributed by atoms with Crippen molar-refractivity contribution >= 4 is 22.6 Å². The van der Waals surface area contributed by atoms with E-state index in [0.717, 1.165) is 79.5 Å². The van der Waals surface area contributed by atoms with Crippen LogP contribution in [0.2, 0.25) is 0 Å². The molecule has 1 aliphatic carbocycles. The summed E-state index contributed by atoms with van der Waals surface area (Å²) in [6.07, 6.45) is 8.62. The van der Waals surface area contributed by atoms with Crippen molar-refractivity contribution in [3.63, 3.8) is 0 Å². The minimum absolute atomic E-state index is 0.423. The Bertz CT molecular complexity index is 1300. The third kappa shape index (κ3) is 3.92. The highest BCUT2D eigenvalue weighted by molar-refractivity contribution is 5.82. The highest BCUT2D eigenvalue weighted by atomic mass is 16.5. The third-order valence-electron chi connectivity index (χ3n) is 7.38. The molecule has 6 rings (SSSR count). The smallest absolute Gasteiger partial charge is 0.241 e. The lowest BCUT2D eigenvalue weighted by molar-refractivity contribution is 0.00790. The first kappa shape index (κ1) is 21.5. The molecule has 1 aliphatic heterocycles. The topological polar surface area (TPSA) is 85.4 Å². The molecule has 34 heavy (non-hydrogen) atoms. The predicted molar refractivity (Wildman–Crippen MR) is 132 cm³/mol. The first-order valence-corrected chi connectivity index (χ1v) is 12.5. The second-order valence-electron chi connectivity index (χ2n) is 9.38. The fourth-order valence-corrected chi connectivity index (χ4v) is 5.54. The maximum Gasteiger partial charge on any atom is 0.241 e. The van der Waals surface area contributed by atoms with Gasteiger partial charge in [-0.2, -0.15) is 0 Å². The molecular weight excluding hydrogens is 428 g/mol. The van der Waals surface area contributed by atoms with Gasteiger partial charge in [-0.05, 0) is 57.7 Å². The molecule has 2 fully saturated rings. The van der Waals surface area contributed by atoms with Gasteiger partial charge in [-0.3, -0.25) is 4.90 Å². The lowest BCUT2D eigenvalue weighted by atomic mass is 9.90. The number of aryl methyl sites for hydroxylation is 2. The summed E-state index contributed by atoms with van der Waals surface area (Å²) in [5, 5.41) is 8.32. The number of morpholine rings is 1. The van der Waals surface area contributed by atoms with Crippen LogP contribution in [0.5, 0.6) is 0 Å². The van der Waals surface area contributed by atoms with E-state index >= 15 is 0 Å². The Morgan fingerprint density at radius 3 is 2.68 bits per heavy atom. The molecule has 1 N–H and O–H groups in total. The second kappa shape index (κ2) is 8.96. The summed E-state index contributed by atoms with van der Waals surface area (Å²) in [6, 6.07) is 7.25. The maximum atomic E-state index is 5.51. The van der Waals surface area contributed by atoms with Gasteiger partial charge in [0.25, 0.3) is 0 Å². The molecule has 2 aliphatic rings. The van der Waals surface area contributed by atoms with Gasteiger partial charge in [0.2, 0.25) is 5.95 Å². The third-order valence-corrected chi connectivity index (χ3v) is 7.38. The maximum absolute atomic E-state index is 5.51. The zero-order valence-electron chi connectivity index (χ0n) is 19.9. The molecule has 178 valence electrons. The average Bonchev–Trinajstić information content (AvgIpc) is 3.44. The number of fused-ring (bicyclic) bond motifs is 2. The second-order valence-corrected chi connectivity index (χ2v) is 9.38. The molecule has 4 aromatic rings. The molecular formula is C25H32N8O. The molecule has 9 heteroatoms. The lowest BCUT2D eigenvalue weighted by Crippen LogP contribution is -2.46. The number of rotatable bonds is 5. The van der Waals surface area contributed by atoms with E-state index < -0.39 is 0 Å². The molecule has 0 aromatic carbocycles. The van der Waals surface area contributed by atoms with Gasteiger partial charge < -0.3 is 14.6 Å². The monoisotopic (exact) mass is 460 g/mol. The molecule has 5 heterocycles. The van der Waals surface area contributed by atoms with Crippen LogP contribution in [0.4, 0.5) is 5.95 Å². The first-order valence-electron chi connectivity index (χ1n) is 12.5. The lowest BCUT2D eigenvalue weighted by Gasteiger charge is -2.38. The predicted octanol–water partition coefficient (Wildman–Crippen LogP) is 3.52. The Hall–Kier alpha value is -3.04. The van der Waals surface area contributed by atoms with Crippen molar-refractivity contribution < 1.29 is 4.74 Å². The van der Waals surface area contributed by atoms with E-state index in [0.29, 0.717) is 18.0 Å². The molecule has 0 atom stereocenters. The van der Waals surface area contributed by atoms with Gasteiger partial charge in [-0.1, -0.05) is 0 Å². The van der Waals surface area contributed by atoms with Crippen molar-refractivity contribution in [2.45, 2.75) is 58.2 Å². The van der Waals surface area contributed by atoms with Crippen LogP contribution in [0.3, 0.4) is 0 Å². The van der Waals surface area contributed by atoms with Crippen LogP contribution in [0.25, 0.3) is 27.9 Å². The van der Waals surface area contributed by atoms with Crippen molar-refractivity contribution in [2.24, 2.45) is 0 Å². The molecule has 0 unspecified atom stereocenters. The molecule has 0 bridgehead atoms. The Balaban J connectivity index is 1.17. The quantitative estimate of drug-likeness (QED) is 0.488. The van der Waals surface area contributed by atoms with E-state index in [1.165, 1.54) is 12.8 Å². The summed E-state index contributed by atoms with van der Waals surface area (Å²) in [5.74, 6) is 1.68. The summed E-state index contributed by atoms with van der Waals surface area (Å²) in [7, 11) is 0. The van der Waals surface area contributed by atoms with Crippen LogP contribution >= 0.6 is 0 Å². The van der Waals surface area contributed by atoms with E-state index in [4.69, 9.17) is 14.8 Å². The highest BCUT2D eigenvalue weighted by Gasteiger charge is 2.27. The number of aromatic nitrogens is 6. The Morgan fingerprint density at radius 1 is 1.06 bits per heavy atom. The zero-order valence-corrected chi connectivity index (χ0v) is 19.9. The SMILES string of the molecule is CCn1c(C)nc2ccc(-c3ccn4nc(N[C@H]5CC[C@@H](N6CCOCC6)CC5)ncc34)nc21. The summed E-state index contributed by atoms with van der Waals surface area (Å²) in [4.78, 5) is 16.8. The van der Waals surface area contributed by atoms with E-state index in [-0.39, 0.29) is 0 Å². The number of nitrogens with one attached hydrogen (secondary N) is 1. The first-order chi connectivity index (χ1) is 16.7. The van der Waals surface area contributed by atoms with Gasteiger partial charge in [0, 0.05) is 43.5 Å². The normalized spacial score (nSPS) is 21.9. The number of imidazole rings is 1. The molecule has 4 aromatic heterocycles. The van der Waals surface area contributed by atoms with Crippen LogP contribution in [0.15, 0.2) is 30.6 Å². The summed E-state index contributed by atoms with van der Waals surface area (Å²) >= 11 is 0. The molecule has 9 nitrogen and oxygen atoms in total. The van der Waals surface area contributed by atoms with Crippen molar-refractivity contribution in [1.29, 1.82) is 0 Å². The zero-order chi connectivity index (χ0) is 23.1. The van der Waals surface area contributed by atoms with E-state index in [1.807, 2.05) is 36.0 Å². The summed E-state index contributed by atoms with van der Waals surface area (Å²) in [5.41, 5.74) is 4.74. The van der Waals surface area contributed by atoms with E-state index in [2.05, 4.69) is 37.7 Å². The average molecular weight is 461 g/mol. The minimum atomic E-state index is 0.423. The van der Waals surface area contributed by atoms with Crippen LogP contribution in [0.1, 0.15) is 38.4 Å². The Labute approximate surface area is 199 Å². The molecule has 1 saturated heterocycles. The standard InChI is InChI=1S/C25H32N8O/c1-3-32-17(2)27-22-9-8-21(29-24(22)32)20-10-11-33-23(20)16-26-25(30-33)28-18-4-6-19(7-5-18)31-12-14-34-15-13-31/h8-11,16,18-19H,3-7,12-15H2,1-2H3,(H,28,30)/t18-,19+. The molecule has 0 radical (unpaired) electrons. The Kier molecular flexibility index (Phi) is 5.66. The number of hydrogen-bond donors (Lipinski definition) is 1. The number of nitrogens with zero attached hydrogens (tertiary/aromatic N) is 7. The number of ether oxygens (including phenoxy) is 1. The van der Waals surface area contributed by atoms with Gasteiger partial charge in [0.1, 0.15) is 11.3 Å². The number of anilines is 1. The fourth-order valence-electron chi connectivity index (χ4n) is 5.54. The Morgan fingerprint density at radius 2 is 1.88 bits per heavy atom. The van der Waals surface area contributed by atoms with Gasteiger partial charge in [-0.25, -0.2) is 19.5 Å². The number of hydrogen-bond acceptors (Lipinski definition) is 7. The minimum Gasteiger partial charge on any atom is -0.379 e. The van der Waals surface area contributed by atoms with Crippen LogP contribution < -0.4 is 5.32 Å². The van der Waals surface area contributed by atoms with Crippen LogP contribution in [-0.4, -0.2) is 72.4 Å². The largest absolute Gasteiger partial charge is 0.379 e. The van der Waals surface area contributed by atoms with Crippen LogP contribution in [-0.2, 0) is 11.3 Å². The molecule has 0 amide bonds. The van der Waals surface area contributed by atoms with E-state index in [1.54, 1.807) is 0 Å². The van der Waals surface area contributed by atoms with Gasteiger partial charge >= 0.3 is 0 Å². The van der Waals surface area contributed by atoms with Gasteiger partial charge in [0.15, 0.2) is 5.65 Å². The fraction of sp³-hybridized carbons (Fsp3) is 0.520. The number of pyridine rings is 1. The summed E-state index contributed by atoms with van der Waals surface area (Å²) < 4.78 is 9.55. The van der Waals surface area contributed by atoms with Crippen molar-refractivity contribution in [3.05, 3.63) is 36.4 Å². The van der Waals surface area contributed by atoms with Gasteiger partial charge in [-0.15, -0.1) is 5.10 Å². The van der Waals surface area contributed by atoms with Crippen LogP contribution in [0, 0.1) is 6.92 Å². The van der Waals surface area contributed by atoms with Crippen molar-refractivity contribution in [1.82, 2.24) is 34.0 Å². The van der Waals surface area contributed by atoms with Gasteiger partial charge in [0.05, 0.1) is 30.6 Å². The molecule has 1 saturated carbocycles. The summed E-state index contributed by atoms with van der Waals surface area (Å²) in [6.45, 7) is 8.87. The van der Waals surface area contributed by atoms with E-state index in [9.17, 15) is 0 Å². The van der Waals surface area contributed by atoms with Crippen molar-refractivity contribution in [3.8, 4) is 11.3 Å². The molecule has 0 spiro atoms. The highest BCUT2D eigenvalue weighted by Crippen LogP contribution is 2.28.